The van der Waals surface area contributed by atoms with Gasteiger partial charge >= 0.3 is 0 Å². The summed E-state index contributed by atoms with van der Waals surface area (Å²) in [6.07, 6.45) is 1.87. The standard InChI is InChI=1S/C20H28N2O2S/c1-3-10-16(2)15-25(23,24)22-20(18-13-8-5-9-14-18)19(21)17-11-6-4-7-12-17/h4-9,11-14,16,19-20,22H,3,10,15,21H2,1-2H3. The molecule has 0 spiro atoms. The minimum Gasteiger partial charge on any atom is -0.322 e. The van der Waals surface area contributed by atoms with Gasteiger partial charge in [0.15, 0.2) is 0 Å². The molecule has 5 heteroatoms. The number of benzene rings is 2. The van der Waals surface area contributed by atoms with E-state index in [1.165, 1.54) is 0 Å². The number of nitrogens with one attached hydrogen (secondary N) is 1. The van der Waals surface area contributed by atoms with E-state index in [4.69, 9.17) is 5.73 Å². The van der Waals surface area contributed by atoms with Gasteiger partial charge in [-0.3, -0.25) is 0 Å². The summed E-state index contributed by atoms with van der Waals surface area (Å²) in [6, 6.07) is 18.2. The molecule has 0 aliphatic rings. The van der Waals surface area contributed by atoms with E-state index in [0.717, 1.165) is 24.0 Å². The van der Waals surface area contributed by atoms with Crippen LogP contribution in [0.3, 0.4) is 0 Å². The van der Waals surface area contributed by atoms with Crippen molar-refractivity contribution in [2.24, 2.45) is 11.7 Å². The molecule has 0 radical (unpaired) electrons. The maximum atomic E-state index is 12.7. The lowest BCUT2D eigenvalue weighted by atomic mass is 9.95. The van der Waals surface area contributed by atoms with Crippen LogP contribution in [0.1, 0.15) is 49.9 Å². The van der Waals surface area contributed by atoms with Crippen LogP contribution >= 0.6 is 0 Å². The molecule has 0 amide bonds. The van der Waals surface area contributed by atoms with Crippen LogP contribution in [0.4, 0.5) is 0 Å². The molecule has 3 unspecified atom stereocenters. The fourth-order valence-electron chi connectivity index (χ4n) is 3.07. The van der Waals surface area contributed by atoms with Crippen molar-refractivity contribution in [1.29, 1.82) is 0 Å². The number of rotatable bonds is 9. The van der Waals surface area contributed by atoms with Crippen LogP contribution in [0.15, 0.2) is 60.7 Å². The molecule has 25 heavy (non-hydrogen) atoms. The molecule has 0 aliphatic carbocycles. The molecule has 0 fully saturated rings. The summed E-state index contributed by atoms with van der Waals surface area (Å²) in [5, 5.41) is 0. The second kappa shape index (κ2) is 9.13. The van der Waals surface area contributed by atoms with E-state index in [-0.39, 0.29) is 11.7 Å². The Labute approximate surface area is 151 Å². The lowest BCUT2D eigenvalue weighted by Gasteiger charge is -2.26. The highest BCUT2D eigenvalue weighted by Gasteiger charge is 2.27. The quantitative estimate of drug-likeness (QED) is 0.715. The van der Waals surface area contributed by atoms with E-state index in [2.05, 4.69) is 11.6 Å². The van der Waals surface area contributed by atoms with Crippen molar-refractivity contribution < 1.29 is 8.42 Å². The van der Waals surface area contributed by atoms with Crippen molar-refractivity contribution in [2.45, 2.75) is 38.8 Å². The number of hydrogen-bond acceptors (Lipinski definition) is 3. The van der Waals surface area contributed by atoms with E-state index in [9.17, 15) is 8.42 Å². The molecule has 0 saturated heterocycles. The van der Waals surface area contributed by atoms with Gasteiger partial charge in [0.1, 0.15) is 0 Å². The number of hydrogen-bond donors (Lipinski definition) is 2. The Morgan fingerprint density at radius 3 is 2.00 bits per heavy atom. The van der Waals surface area contributed by atoms with Crippen LogP contribution < -0.4 is 10.5 Å². The molecule has 4 nitrogen and oxygen atoms in total. The summed E-state index contributed by atoms with van der Waals surface area (Å²) in [4.78, 5) is 0. The molecule has 136 valence electrons. The van der Waals surface area contributed by atoms with Crippen LogP contribution in [0.5, 0.6) is 0 Å². The average Bonchev–Trinajstić information content (AvgIpc) is 2.60. The molecule has 0 heterocycles. The summed E-state index contributed by atoms with van der Waals surface area (Å²) in [6.45, 7) is 4.03. The molecule has 3 atom stereocenters. The van der Waals surface area contributed by atoms with Gasteiger partial charge in [0, 0.05) is 0 Å². The van der Waals surface area contributed by atoms with Crippen molar-refractivity contribution in [3.63, 3.8) is 0 Å². The van der Waals surface area contributed by atoms with Gasteiger partial charge in [-0.05, 0) is 23.5 Å². The number of sulfonamides is 1. The van der Waals surface area contributed by atoms with Gasteiger partial charge < -0.3 is 5.73 Å². The maximum Gasteiger partial charge on any atom is 0.212 e. The molecule has 0 aromatic heterocycles. The zero-order chi connectivity index (χ0) is 18.3. The van der Waals surface area contributed by atoms with E-state index < -0.39 is 22.1 Å². The van der Waals surface area contributed by atoms with Crippen molar-refractivity contribution in [2.75, 3.05) is 5.75 Å². The summed E-state index contributed by atoms with van der Waals surface area (Å²) in [7, 11) is -3.43. The van der Waals surface area contributed by atoms with Crippen molar-refractivity contribution >= 4 is 10.0 Å². The third-order valence-electron chi connectivity index (χ3n) is 4.29. The zero-order valence-corrected chi connectivity index (χ0v) is 15.7. The highest BCUT2D eigenvalue weighted by atomic mass is 32.2. The van der Waals surface area contributed by atoms with Crippen LogP contribution in [0.25, 0.3) is 0 Å². The molecular weight excluding hydrogens is 332 g/mol. The monoisotopic (exact) mass is 360 g/mol. The van der Waals surface area contributed by atoms with Gasteiger partial charge in [-0.15, -0.1) is 0 Å². The van der Waals surface area contributed by atoms with E-state index >= 15 is 0 Å². The van der Waals surface area contributed by atoms with Crippen LogP contribution in [-0.4, -0.2) is 14.2 Å². The molecule has 0 bridgehead atoms. The van der Waals surface area contributed by atoms with Gasteiger partial charge in [0.05, 0.1) is 17.8 Å². The summed E-state index contributed by atoms with van der Waals surface area (Å²) >= 11 is 0. The van der Waals surface area contributed by atoms with Gasteiger partial charge in [-0.1, -0.05) is 80.9 Å². The Hall–Kier alpha value is -1.69. The summed E-state index contributed by atoms with van der Waals surface area (Å²) in [5.74, 6) is 0.234. The first kappa shape index (κ1) is 19.6. The Morgan fingerprint density at radius 2 is 1.48 bits per heavy atom. The average molecular weight is 361 g/mol. The third-order valence-corrected chi connectivity index (χ3v) is 5.92. The predicted molar refractivity (Wildman–Crippen MR) is 104 cm³/mol. The lowest BCUT2D eigenvalue weighted by molar-refractivity contribution is 0.491. The molecular formula is C20H28N2O2S. The van der Waals surface area contributed by atoms with Crippen molar-refractivity contribution in [3.05, 3.63) is 71.8 Å². The maximum absolute atomic E-state index is 12.7. The van der Waals surface area contributed by atoms with E-state index in [1.54, 1.807) is 0 Å². The highest BCUT2D eigenvalue weighted by Crippen LogP contribution is 2.28. The third kappa shape index (κ3) is 5.96. The van der Waals surface area contributed by atoms with Crippen LogP contribution in [-0.2, 0) is 10.0 Å². The van der Waals surface area contributed by atoms with E-state index in [1.807, 2.05) is 67.6 Å². The van der Waals surface area contributed by atoms with Crippen LogP contribution in [0, 0.1) is 5.92 Å². The van der Waals surface area contributed by atoms with E-state index in [0.29, 0.717) is 0 Å². The predicted octanol–water partition coefficient (Wildman–Crippen LogP) is 3.78. The zero-order valence-electron chi connectivity index (χ0n) is 14.9. The minimum atomic E-state index is -3.43. The molecule has 0 saturated carbocycles. The molecule has 2 aromatic carbocycles. The Kier molecular flexibility index (Phi) is 7.17. The minimum absolute atomic E-state index is 0.117. The topological polar surface area (TPSA) is 72.2 Å². The van der Waals surface area contributed by atoms with Crippen LogP contribution in [0.2, 0.25) is 0 Å². The molecule has 3 N–H and O–H groups in total. The Morgan fingerprint density at radius 1 is 0.960 bits per heavy atom. The largest absolute Gasteiger partial charge is 0.322 e. The molecule has 2 aromatic rings. The normalized spacial score (nSPS) is 15.5. The first-order chi connectivity index (χ1) is 11.9. The van der Waals surface area contributed by atoms with Gasteiger partial charge in [-0.25, -0.2) is 13.1 Å². The van der Waals surface area contributed by atoms with Crippen molar-refractivity contribution in [1.82, 2.24) is 4.72 Å². The fraction of sp³-hybridized carbons (Fsp3) is 0.400. The molecule has 0 aliphatic heterocycles. The summed E-state index contributed by atoms with van der Waals surface area (Å²) in [5.41, 5.74) is 8.21. The van der Waals surface area contributed by atoms with Gasteiger partial charge in [-0.2, -0.15) is 0 Å². The molecule has 2 rings (SSSR count). The highest BCUT2D eigenvalue weighted by molar-refractivity contribution is 7.89. The first-order valence-electron chi connectivity index (χ1n) is 8.78. The Balaban J connectivity index is 2.27. The number of nitrogens with two attached hydrogens (primary N) is 1. The van der Waals surface area contributed by atoms with Gasteiger partial charge in [0.2, 0.25) is 10.0 Å². The first-order valence-corrected chi connectivity index (χ1v) is 10.4. The second-order valence-electron chi connectivity index (χ2n) is 6.62. The fourth-order valence-corrected chi connectivity index (χ4v) is 4.75. The van der Waals surface area contributed by atoms with Gasteiger partial charge in [0.25, 0.3) is 0 Å². The summed E-state index contributed by atoms with van der Waals surface area (Å²) < 4.78 is 28.2. The Bertz CT molecular complexity index is 733. The second-order valence-corrected chi connectivity index (χ2v) is 8.42. The lowest BCUT2D eigenvalue weighted by Crippen LogP contribution is -2.38. The smallest absolute Gasteiger partial charge is 0.212 e. The SMILES string of the molecule is CCCC(C)CS(=O)(=O)NC(c1ccccc1)C(N)c1ccccc1. The van der Waals surface area contributed by atoms with Crippen molar-refractivity contribution in [3.8, 4) is 0 Å².